The van der Waals surface area contributed by atoms with Crippen molar-refractivity contribution in [2.75, 3.05) is 0 Å². The highest BCUT2D eigenvalue weighted by atomic mass is 16.3. The van der Waals surface area contributed by atoms with Crippen LogP contribution in [0.5, 0.6) is 0 Å². The summed E-state index contributed by atoms with van der Waals surface area (Å²) >= 11 is 0. The van der Waals surface area contributed by atoms with Crippen molar-refractivity contribution in [3.8, 4) is 0 Å². The average Bonchev–Trinajstić information content (AvgIpc) is 3.03. The van der Waals surface area contributed by atoms with E-state index >= 15 is 0 Å². The minimum Gasteiger partial charge on any atom is -0.390 e. The van der Waals surface area contributed by atoms with Gasteiger partial charge in [-0.1, -0.05) is 41.5 Å². The van der Waals surface area contributed by atoms with Gasteiger partial charge in [-0.2, -0.15) is 0 Å². The molecule has 0 saturated heterocycles. The van der Waals surface area contributed by atoms with E-state index in [0.29, 0.717) is 45.2 Å². The van der Waals surface area contributed by atoms with E-state index < -0.39 is 5.60 Å². The van der Waals surface area contributed by atoms with E-state index in [9.17, 15) is 9.90 Å². The maximum Gasteiger partial charge on any atom is 0.138 e. The first-order valence-corrected chi connectivity index (χ1v) is 13.9. The van der Waals surface area contributed by atoms with E-state index in [1.54, 1.807) is 0 Å². The van der Waals surface area contributed by atoms with Gasteiger partial charge in [-0.3, -0.25) is 4.79 Å². The molecule has 5 saturated carbocycles. The molecule has 32 heavy (non-hydrogen) atoms. The summed E-state index contributed by atoms with van der Waals surface area (Å²) in [6, 6.07) is 0. The Morgan fingerprint density at radius 2 is 1.28 bits per heavy atom. The number of hydrogen-bond donors (Lipinski definition) is 1. The van der Waals surface area contributed by atoms with Gasteiger partial charge in [0.15, 0.2) is 0 Å². The first kappa shape index (κ1) is 23.4. The summed E-state index contributed by atoms with van der Waals surface area (Å²) in [5.74, 6) is 3.72. The second-order valence-corrected chi connectivity index (χ2v) is 15.2. The zero-order chi connectivity index (χ0) is 23.5. The minimum atomic E-state index is -0.553. The van der Waals surface area contributed by atoms with Crippen molar-refractivity contribution >= 4 is 5.78 Å². The van der Waals surface area contributed by atoms with Crippen LogP contribution in [0.1, 0.15) is 120 Å². The highest BCUT2D eigenvalue weighted by Crippen LogP contribution is 2.77. The van der Waals surface area contributed by atoms with Crippen molar-refractivity contribution in [3.63, 3.8) is 0 Å². The van der Waals surface area contributed by atoms with Crippen LogP contribution in [0.3, 0.4) is 0 Å². The van der Waals surface area contributed by atoms with Crippen LogP contribution in [0.4, 0.5) is 0 Å². The molecule has 0 heterocycles. The molecule has 182 valence electrons. The largest absolute Gasteiger partial charge is 0.390 e. The highest BCUT2D eigenvalue weighted by Gasteiger charge is 2.71. The van der Waals surface area contributed by atoms with Crippen LogP contribution in [0.2, 0.25) is 0 Å². The van der Waals surface area contributed by atoms with Gasteiger partial charge >= 0.3 is 0 Å². The number of Topliss-reactive ketones (excluding diaryl/α,β-unsaturated/α-hetero) is 1. The number of rotatable bonds is 1. The van der Waals surface area contributed by atoms with Crippen LogP contribution >= 0.6 is 0 Å². The molecule has 0 unspecified atom stereocenters. The minimum absolute atomic E-state index is 0.152. The lowest BCUT2D eigenvalue weighted by atomic mass is 9.32. The molecule has 1 N–H and O–H groups in total. The Morgan fingerprint density at radius 3 is 1.88 bits per heavy atom. The van der Waals surface area contributed by atoms with Crippen molar-refractivity contribution in [1.29, 1.82) is 0 Å². The van der Waals surface area contributed by atoms with Gasteiger partial charge in [0.05, 0.1) is 5.60 Å². The van der Waals surface area contributed by atoms with E-state index in [-0.39, 0.29) is 5.41 Å². The number of carbonyl (C=O) groups excluding carboxylic acids is 1. The number of aliphatic hydroxyl groups is 1. The number of fused-ring (bicyclic) bond motifs is 7. The van der Waals surface area contributed by atoms with E-state index in [0.717, 1.165) is 24.7 Å². The molecule has 0 amide bonds. The summed E-state index contributed by atoms with van der Waals surface area (Å²) < 4.78 is 0. The quantitative estimate of drug-likeness (QED) is 0.458. The van der Waals surface area contributed by atoms with Crippen LogP contribution in [0.15, 0.2) is 0 Å². The second-order valence-electron chi connectivity index (χ2n) is 15.2. The van der Waals surface area contributed by atoms with Gasteiger partial charge in [-0.05, 0) is 123 Å². The molecule has 0 spiro atoms. The molecular weight excluding hydrogens is 392 g/mol. The van der Waals surface area contributed by atoms with E-state index in [1.807, 2.05) is 0 Å². The lowest BCUT2D eigenvalue weighted by Crippen LogP contribution is -2.66. The fourth-order valence-electron chi connectivity index (χ4n) is 11.8. The molecule has 2 nitrogen and oxygen atoms in total. The van der Waals surface area contributed by atoms with Crippen molar-refractivity contribution in [3.05, 3.63) is 0 Å². The molecular formula is C30H50O2. The smallest absolute Gasteiger partial charge is 0.138 e. The number of hydrogen-bond acceptors (Lipinski definition) is 2. The Labute approximate surface area is 197 Å². The lowest BCUT2D eigenvalue weighted by Gasteiger charge is -2.73. The van der Waals surface area contributed by atoms with Gasteiger partial charge < -0.3 is 5.11 Å². The highest BCUT2D eigenvalue weighted by molar-refractivity contribution is 5.85. The maximum absolute atomic E-state index is 12.9. The Balaban J connectivity index is 1.52. The molecule has 0 radical (unpaired) electrons. The Kier molecular flexibility index (Phi) is 4.85. The molecule has 5 aliphatic carbocycles. The third-order valence-corrected chi connectivity index (χ3v) is 13.6. The summed E-state index contributed by atoms with van der Waals surface area (Å²) in [6.45, 7) is 19.2. The molecule has 0 aromatic carbocycles. The van der Waals surface area contributed by atoms with Gasteiger partial charge in [0, 0.05) is 11.8 Å². The standard InChI is InChI=1S/C30H50O2/c1-25(2)21-13-18-30(8)23(28(21,6)16-14-24(25)31)10-9-22-27(5)15-11-19(26(3,4)32)20(27)12-17-29(22,30)7/h19-23,32H,9-18H2,1-8H3/t19-,20+,21+,22+,23+,27-,28-,29+,30+/m0/s1. The fraction of sp³-hybridized carbons (Fsp3) is 0.967. The molecule has 0 aromatic rings. The molecule has 2 heteroatoms. The van der Waals surface area contributed by atoms with Crippen LogP contribution in [-0.2, 0) is 4.79 Å². The topological polar surface area (TPSA) is 37.3 Å². The molecule has 5 rings (SSSR count). The fourth-order valence-corrected chi connectivity index (χ4v) is 11.8. The number of carbonyl (C=O) groups is 1. The summed E-state index contributed by atoms with van der Waals surface area (Å²) in [7, 11) is 0. The molecule has 5 aliphatic rings. The van der Waals surface area contributed by atoms with Crippen LogP contribution in [0.25, 0.3) is 0 Å². The Morgan fingerprint density at radius 1 is 0.719 bits per heavy atom. The van der Waals surface area contributed by atoms with E-state index in [4.69, 9.17) is 0 Å². The zero-order valence-electron chi connectivity index (χ0n) is 22.3. The number of ketones is 1. The summed E-state index contributed by atoms with van der Waals surface area (Å²) in [5.41, 5.74) is 0.741. The predicted molar refractivity (Wildman–Crippen MR) is 131 cm³/mol. The van der Waals surface area contributed by atoms with Gasteiger partial charge in [0.2, 0.25) is 0 Å². The summed E-state index contributed by atoms with van der Waals surface area (Å²) in [4.78, 5) is 12.9. The maximum atomic E-state index is 12.9. The average molecular weight is 443 g/mol. The van der Waals surface area contributed by atoms with Gasteiger partial charge in [-0.25, -0.2) is 0 Å². The second kappa shape index (κ2) is 6.64. The van der Waals surface area contributed by atoms with Gasteiger partial charge in [0.25, 0.3) is 0 Å². The van der Waals surface area contributed by atoms with Crippen LogP contribution in [0, 0.1) is 56.7 Å². The monoisotopic (exact) mass is 442 g/mol. The molecule has 0 aromatic heterocycles. The molecule has 9 atom stereocenters. The van der Waals surface area contributed by atoms with Crippen LogP contribution < -0.4 is 0 Å². The van der Waals surface area contributed by atoms with E-state index in [1.165, 1.54) is 51.4 Å². The summed E-state index contributed by atoms with van der Waals surface area (Å²) in [5, 5.41) is 11.0. The van der Waals surface area contributed by atoms with Crippen LogP contribution in [-0.4, -0.2) is 16.5 Å². The third kappa shape index (κ3) is 2.66. The SMILES string of the molecule is CC(C)(O)[C@H]1CC[C@@]2(C)[C@@H]1CC[C@]1(C)[C@@H]2CC[C@@H]2[C@@]3(C)CCC(=O)C(C)(C)[C@H]3CC[C@]21C. The van der Waals surface area contributed by atoms with Crippen molar-refractivity contribution < 1.29 is 9.90 Å². The van der Waals surface area contributed by atoms with Crippen molar-refractivity contribution in [1.82, 2.24) is 0 Å². The van der Waals surface area contributed by atoms with E-state index in [2.05, 4.69) is 55.4 Å². The van der Waals surface area contributed by atoms with Gasteiger partial charge in [-0.15, -0.1) is 0 Å². The van der Waals surface area contributed by atoms with Gasteiger partial charge in [0.1, 0.15) is 5.78 Å². The van der Waals surface area contributed by atoms with Crippen molar-refractivity contribution in [2.45, 2.75) is 125 Å². The Bertz CT molecular complexity index is 806. The van der Waals surface area contributed by atoms with Crippen molar-refractivity contribution in [2.24, 2.45) is 56.7 Å². The predicted octanol–water partition coefficient (Wildman–Crippen LogP) is 7.43. The lowest BCUT2D eigenvalue weighted by molar-refractivity contribution is -0.240. The molecule has 0 bridgehead atoms. The molecule has 5 fully saturated rings. The zero-order valence-corrected chi connectivity index (χ0v) is 22.3. The first-order valence-electron chi connectivity index (χ1n) is 13.9. The summed E-state index contributed by atoms with van der Waals surface area (Å²) in [6.07, 6.45) is 12.3. The normalized spacial score (nSPS) is 54.9. The third-order valence-electron chi connectivity index (χ3n) is 13.6. The Hall–Kier alpha value is -0.370. The first-order chi connectivity index (χ1) is 14.6. The molecule has 0 aliphatic heterocycles.